The highest BCUT2D eigenvalue weighted by atomic mass is 14.2. The van der Waals surface area contributed by atoms with E-state index in [9.17, 15) is 0 Å². The van der Waals surface area contributed by atoms with Gasteiger partial charge in [-0.15, -0.1) is 6.58 Å². The molecule has 0 N–H and O–H groups in total. The van der Waals surface area contributed by atoms with Crippen LogP contribution in [0, 0.1) is 0 Å². The maximum atomic E-state index is 3.90. The van der Waals surface area contributed by atoms with Gasteiger partial charge in [-0.1, -0.05) is 48.1 Å². The predicted octanol–water partition coefficient (Wildman–Crippen LogP) is 3.68. The van der Waals surface area contributed by atoms with Crippen molar-refractivity contribution in [1.82, 2.24) is 0 Å². The van der Waals surface area contributed by atoms with Crippen molar-refractivity contribution in [3.63, 3.8) is 0 Å². The lowest BCUT2D eigenvalue weighted by atomic mass is 9.83. The summed E-state index contributed by atoms with van der Waals surface area (Å²) in [7, 11) is 0. The second-order valence-electron chi connectivity index (χ2n) is 3.44. The Morgan fingerprint density at radius 3 is 2.38 bits per heavy atom. The molecule has 0 saturated carbocycles. The van der Waals surface area contributed by atoms with Crippen LogP contribution < -0.4 is 0 Å². The van der Waals surface area contributed by atoms with E-state index >= 15 is 0 Å². The van der Waals surface area contributed by atoms with E-state index in [-0.39, 0.29) is 0 Å². The van der Waals surface area contributed by atoms with E-state index in [4.69, 9.17) is 0 Å². The molecule has 0 saturated heterocycles. The van der Waals surface area contributed by atoms with Crippen LogP contribution in [0.2, 0.25) is 0 Å². The average Bonchev–Trinajstić information content (AvgIpc) is 2.12. The normalized spacial score (nSPS) is 17.1. The second kappa shape index (κ2) is 3.61. The van der Waals surface area contributed by atoms with Gasteiger partial charge in [-0.3, -0.25) is 0 Å². The Balaban J connectivity index is 2.27. The van der Waals surface area contributed by atoms with Crippen molar-refractivity contribution in [2.75, 3.05) is 0 Å². The smallest absolute Gasteiger partial charge is 0.0225 e. The molecule has 0 heterocycles. The van der Waals surface area contributed by atoms with E-state index < -0.39 is 0 Å². The van der Waals surface area contributed by atoms with E-state index in [2.05, 4.69) is 43.0 Å². The third-order valence-corrected chi connectivity index (χ3v) is 2.63. The molecule has 1 aliphatic rings. The van der Waals surface area contributed by atoms with Gasteiger partial charge < -0.3 is 0 Å². The second-order valence-corrected chi connectivity index (χ2v) is 3.44. The first-order chi connectivity index (χ1) is 6.42. The molecule has 1 aliphatic carbocycles. The minimum Gasteiger partial charge on any atom is -0.102 e. The first-order valence-electron chi connectivity index (χ1n) is 4.78. The molecule has 0 spiro atoms. The van der Waals surface area contributed by atoms with Crippen LogP contribution in [0.15, 0.2) is 54.6 Å². The zero-order valence-corrected chi connectivity index (χ0v) is 7.74. The van der Waals surface area contributed by atoms with E-state index in [0.29, 0.717) is 5.92 Å². The summed E-state index contributed by atoms with van der Waals surface area (Å²) in [5, 5.41) is 0. The lowest BCUT2D eigenvalue weighted by molar-refractivity contribution is 0.781. The summed E-state index contributed by atoms with van der Waals surface area (Å²) in [4.78, 5) is 0. The SMILES string of the molecule is C=CC(C1=CCC1)c1ccccc1. The van der Waals surface area contributed by atoms with Crippen LogP contribution in [-0.4, -0.2) is 0 Å². The van der Waals surface area contributed by atoms with Gasteiger partial charge in [0.05, 0.1) is 0 Å². The molecule has 1 aromatic carbocycles. The monoisotopic (exact) mass is 170 g/mol. The summed E-state index contributed by atoms with van der Waals surface area (Å²) >= 11 is 0. The fraction of sp³-hybridized carbons (Fsp3) is 0.231. The Labute approximate surface area is 79.6 Å². The van der Waals surface area contributed by atoms with Crippen LogP contribution in [0.5, 0.6) is 0 Å². The standard InChI is InChI=1S/C13H14/c1-2-13(12-9-6-10-12)11-7-4-3-5-8-11/h2-5,7-9,13H,1,6,10H2. The summed E-state index contributed by atoms with van der Waals surface area (Å²) in [5.41, 5.74) is 2.89. The molecule has 0 aromatic heterocycles. The molecular weight excluding hydrogens is 156 g/mol. The molecule has 66 valence electrons. The Kier molecular flexibility index (Phi) is 2.31. The topological polar surface area (TPSA) is 0 Å². The third kappa shape index (κ3) is 1.57. The molecule has 1 aromatic rings. The molecule has 0 nitrogen and oxygen atoms in total. The van der Waals surface area contributed by atoms with Gasteiger partial charge in [0.2, 0.25) is 0 Å². The molecule has 0 radical (unpaired) electrons. The molecule has 13 heavy (non-hydrogen) atoms. The molecule has 0 bridgehead atoms. The van der Waals surface area contributed by atoms with E-state index in [1.807, 2.05) is 6.08 Å². The van der Waals surface area contributed by atoms with Crippen molar-refractivity contribution in [3.8, 4) is 0 Å². The highest BCUT2D eigenvalue weighted by Crippen LogP contribution is 2.34. The van der Waals surface area contributed by atoms with Gasteiger partial charge in [-0.25, -0.2) is 0 Å². The number of allylic oxidation sites excluding steroid dienone is 3. The van der Waals surface area contributed by atoms with E-state index in [1.54, 1.807) is 0 Å². The van der Waals surface area contributed by atoms with Gasteiger partial charge in [0, 0.05) is 5.92 Å². The molecular formula is C13H14. The maximum absolute atomic E-state index is 3.90. The van der Waals surface area contributed by atoms with Crippen molar-refractivity contribution >= 4 is 0 Å². The summed E-state index contributed by atoms with van der Waals surface area (Å²) < 4.78 is 0. The van der Waals surface area contributed by atoms with Crippen molar-refractivity contribution in [3.05, 3.63) is 60.2 Å². The maximum Gasteiger partial charge on any atom is 0.0225 e. The van der Waals surface area contributed by atoms with Crippen LogP contribution in [0.3, 0.4) is 0 Å². The summed E-state index contributed by atoms with van der Waals surface area (Å²) in [5.74, 6) is 0.454. The molecule has 1 unspecified atom stereocenters. The fourth-order valence-electron chi connectivity index (χ4n) is 1.76. The first-order valence-corrected chi connectivity index (χ1v) is 4.78. The zero-order chi connectivity index (χ0) is 9.10. The van der Waals surface area contributed by atoms with Crippen molar-refractivity contribution in [2.24, 2.45) is 0 Å². The molecule has 0 amide bonds. The number of hydrogen-bond donors (Lipinski definition) is 0. The minimum absolute atomic E-state index is 0.454. The molecule has 1 atom stereocenters. The van der Waals surface area contributed by atoms with Crippen molar-refractivity contribution in [2.45, 2.75) is 18.8 Å². The van der Waals surface area contributed by atoms with Crippen LogP contribution in [0.1, 0.15) is 24.3 Å². The largest absolute Gasteiger partial charge is 0.102 e. The number of benzene rings is 1. The number of rotatable bonds is 3. The van der Waals surface area contributed by atoms with E-state index in [1.165, 1.54) is 24.0 Å². The molecule has 2 rings (SSSR count). The first kappa shape index (κ1) is 8.31. The van der Waals surface area contributed by atoms with Crippen LogP contribution in [-0.2, 0) is 0 Å². The molecule has 0 heteroatoms. The lowest BCUT2D eigenvalue weighted by Gasteiger charge is -2.22. The highest BCUT2D eigenvalue weighted by Gasteiger charge is 2.16. The lowest BCUT2D eigenvalue weighted by Crippen LogP contribution is -2.04. The summed E-state index contributed by atoms with van der Waals surface area (Å²) in [6.45, 7) is 3.90. The molecule has 0 fully saturated rings. The van der Waals surface area contributed by atoms with Gasteiger partial charge in [0.1, 0.15) is 0 Å². The van der Waals surface area contributed by atoms with Crippen LogP contribution in [0.4, 0.5) is 0 Å². The zero-order valence-electron chi connectivity index (χ0n) is 7.74. The minimum atomic E-state index is 0.454. The van der Waals surface area contributed by atoms with Crippen molar-refractivity contribution < 1.29 is 0 Å². The van der Waals surface area contributed by atoms with Gasteiger partial charge >= 0.3 is 0 Å². The predicted molar refractivity (Wildman–Crippen MR) is 56.7 cm³/mol. The van der Waals surface area contributed by atoms with E-state index in [0.717, 1.165) is 0 Å². The Bertz CT molecular complexity index is 319. The van der Waals surface area contributed by atoms with Gasteiger partial charge in [-0.2, -0.15) is 0 Å². The van der Waals surface area contributed by atoms with Gasteiger partial charge in [-0.05, 0) is 18.4 Å². The Morgan fingerprint density at radius 1 is 1.23 bits per heavy atom. The summed E-state index contributed by atoms with van der Waals surface area (Å²) in [6, 6.07) is 10.6. The fourth-order valence-corrected chi connectivity index (χ4v) is 1.76. The van der Waals surface area contributed by atoms with Crippen molar-refractivity contribution in [1.29, 1.82) is 0 Å². The highest BCUT2D eigenvalue weighted by molar-refractivity contribution is 5.36. The Morgan fingerprint density at radius 2 is 1.92 bits per heavy atom. The van der Waals surface area contributed by atoms with Gasteiger partial charge in [0.15, 0.2) is 0 Å². The van der Waals surface area contributed by atoms with Gasteiger partial charge in [0.25, 0.3) is 0 Å². The number of hydrogen-bond acceptors (Lipinski definition) is 0. The van der Waals surface area contributed by atoms with Crippen LogP contribution >= 0.6 is 0 Å². The Hall–Kier alpha value is -1.30. The third-order valence-electron chi connectivity index (χ3n) is 2.63. The molecule has 0 aliphatic heterocycles. The summed E-state index contributed by atoms with van der Waals surface area (Å²) in [6.07, 6.45) is 6.85. The quantitative estimate of drug-likeness (QED) is 0.607. The van der Waals surface area contributed by atoms with Crippen LogP contribution in [0.25, 0.3) is 0 Å². The average molecular weight is 170 g/mol.